The summed E-state index contributed by atoms with van der Waals surface area (Å²) in [6.45, 7) is 5.55. The van der Waals surface area contributed by atoms with Crippen LogP contribution in [0.3, 0.4) is 0 Å². The highest BCUT2D eigenvalue weighted by molar-refractivity contribution is 5.57. The molecule has 17 heavy (non-hydrogen) atoms. The second-order valence-corrected chi connectivity index (χ2v) is 5.33. The summed E-state index contributed by atoms with van der Waals surface area (Å²) in [5, 5.41) is 13.0. The van der Waals surface area contributed by atoms with Gasteiger partial charge in [0, 0.05) is 17.6 Å². The van der Waals surface area contributed by atoms with Crippen LogP contribution in [0, 0.1) is 12.3 Å². The second-order valence-electron chi connectivity index (χ2n) is 5.33. The molecule has 94 valence electrons. The van der Waals surface area contributed by atoms with Gasteiger partial charge in [0.15, 0.2) is 0 Å². The van der Waals surface area contributed by atoms with Gasteiger partial charge in [-0.25, -0.2) is 0 Å². The van der Waals surface area contributed by atoms with Crippen LogP contribution in [0.1, 0.15) is 37.3 Å². The van der Waals surface area contributed by atoms with Crippen LogP contribution < -0.4 is 5.32 Å². The summed E-state index contributed by atoms with van der Waals surface area (Å²) in [6.07, 6.45) is 4.63. The molecule has 2 N–H and O–H groups in total. The fourth-order valence-electron chi connectivity index (χ4n) is 2.62. The van der Waals surface area contributed by atoms with Crippen molar-refractivity contribution in [2.24, 2.45) is 5.41 Å². The van der Waals surface area contributed by atoms with Crippen LogP contribution in [0.5, 0.6) is 0 Å². The average Bonchev–Trinajstić information content (AvgIpc) is 2.29. The number of para-hydroxylation sites is 1. The summed E-state index contributed by atoms with van der Waals surface area (Å²) in [6, 6.07) is 6.44. The van der Waals surface area contributed by atoms with E-state index in [0.29, 0.717) is 6.61 Å². The fraction of sp³-hybridized carbons (Fsp3) is 0.600. The first-order valence-corrected chi connectivity index (χ1v) is 6.64. The van der Waals surface area contributed by atoms with Gasteiger partial charge in [-0.15, -0.1) is 0 Å². The minimum absolute atomic E-state index is 0.146. The zero-order valence-corrected chi connectivity index (χ0v) is 10.9. The van der Waals surface area contributed by atoms with E-state index in [1.165, 1.54) is 23.2 Å². The lowest BCUT2D eigenvalue weighted by Gasteiger charge is -2.40. The normalized spacial score (nSPS) is 17.6. The van der Waals surface area contributed by atoms with E-state index in [4.69, 9.17) is 0 Å². The molecule has 0 saturated heterocycles. The Morgan fingerprint density at radius 2 is 2.12 bits per heavy atom. The molecular formula is C15H23NO. The van der Waals surface area contributed by atoms with Gasteiger partial charge in [-0.3, -0.25) is 0 Å². The molecule has 1 aromatic carbocycles. The Bertz CT molecular complexity index is 377. The number of aliphatic hydroxyl groups excluding tert-OH is 1. The molecular weight excluding hydrogens is 210 g/mol. The number of nitrogens with one attached hydrogen (secondary N) is 1. The Hall–Kier alpha value is -1.02. The zero-order chi connectivity index (χ0) is 12.3. The Morgan fingerprint density at radius 3 is 2.65 bits per heavy atom. The van der Waals surface area contributed by atoms with Gasteiger partial charge < -0.3 is 10.4 Å². The van der Waals surface area contributed by atoms with E-state index < -0.39 is 0 Å². The molecule has 0 bridgehead atoms. The van der Waals surface area contributed by atoms with Gasteiger partial charge in [-0.1, -0.05) is 31.5 Å². The van der Waals surface area contributed by atoms with E-state index in [1.807, 2.05) is 0 Å². The molecule has 0 unspecified atom stereocenters. The number of benzene rings is 1. The third-order valence-electron chi connectivity index (χ3n) is 4.13. The van der Waals surface area contributed by atoms with Crippen molar-refractivity contribution in [1.29, 1.82) is 0 Å². The van der Waals surface area contributed by atoms with E-state index in [1.54, 1.807) is 0 Å². The summed E-state index contributed by atoms with van der Waals surface area (Å²) in [5.74, 6) is 0. The number of hydrogen-bond donors (Lipinski definition) is 2. The van der Waals surface area contributed by atoms with Gasteiger partial charge in [0.05, 0.1) is 6.61 Å². The van der Waals surface area contributed by atoms with Gasteiger partial charge in [0.25, 0.3) is 0 Å². The summed E-state index contributed by atoms with van der Waals surface area (Å²) in [7, 11) is 0. The standard InChI is InChI=1S/C15H23NO/c1-3-13-7-4-6-12(2)14(13)16-10-15(11-17)8-5-9-15/h4,6-7,16-17H,3,5,8-11H2,1-2H3. The lowest BCUT2D eigenvalue weighted by atomic mass is 9.69. The maximum Gasteiger partial charge on any atom is 0.0504 e. The summed E-state index contributed by atoms with van der Waals surface area (Å²) in [5.41, 5.74) is 4.09. The fourth-order valence-corrected chi connectivity index (χ4v) is 2.62. The van der Waals surface area contributed by atoms with Crippen molar-refractivity contribution >= 4 is 5.69 Å². The molecule has 0 radical (unpaired) electrons. The minimum Gasteiger partial charge on any atom is -0.396 e. The van der Waals surface area contributed by atoms with Crippen LogP contribution in [-0.4, -0.2) is 18.3 Å². The molecule has 1 saturated carbocycles. The van der Waals surface area contributed by atoms with Crippen LogP contribution in [0.25, 0.3) is 0 Å². The molecule has 2 heteroatoms. The molecule has 0 amide bonds. The van der Waals surface area contributed by atoms with Gasteiger partial charge in [-0.2, -0.15) is 0 Å². The number of aliphatic hydroxyl groups is 1. The molecule has 0 aliphatic heterocycles. The van der Waals surface area contributed by atoms with Gasteiger partial charge in [-0.05, 0) is 37.3 Å². The predicted octanol–water partition coefficient (Wildman–Crippen LogP) is 3.13. The van der Waals surface area contributed by atoms with Crippen molar-refractivity contribution < 1.29 is 5.11 Å². The smallest absolute Gasteiger partial charge is 0.0504 e. The predicted molar refractivity (Wildman–Crippen MR) is 72.4 cm³/mol. The largest absolute Gasteiger partial charge is 0.396 e. The summed E-state index contributed by atoms with van der Waals surface area (Å²) in [4.78, 5) is 0. The zero-order valence-electron chi connectivity index (χ0n) is 10.9. The van der Waals surface area contributed by atoms with Crippen LogP contribution in [0.2, 0.25) is 0 Å². The van der Waals surface area contributed by atoms with E-state index in [9.17, 15) is 5.11 Å². The molecule has 1 fully saturated rings. The number of hydrogen-bond acceptors (Lipinski definition) is 2. The Labute approximate surface area is 104 Å². The molecule has 0 aromatic heterocycles. The first-order valence-electron chi connectivity index (χ1n) is 6.64. The first-order chi connectivity index (χ1) is 8.21. The minimum atomic E-state index is 0.146. The molecule has 0 atom stereocenters. The Kier molecular flexibility index (Phi) is 3.72. The van der Waals surface area contributed by atoms with Crippen LogP contribution >= 0.6 is 0 Å². The number of rotatable bonds is 5. The highest BCUT2D eigenvalue weighted by atomic mass is 16.3. The SMILES string of the molecule is CCc1cccc(C)c1NCC1(CO)CCC1. The third-order valence-corrected chi connectivity index (χ3v) is 4.13. The van der Waals surface area contributed by atoms with Crippen molar-refractivity contribution in [3.8, 4) is 0 Å². The maximum atomic E-state index is 9.47. The first kappa shape index (κ1) is 12.4. The summed E-state index contributed by atoms with van der Waals surface area (Å²) < 4.78 is 0. The Balaban J connectivity index is 2.08. The van der Waals surface area contributed by atoms with Crippen LogP contribution in [0.15, 0.2) is 18.2 Å². The molecule has 0 spiro atoms. The van der Waals surface area contributed by atoms with Crippen molar-refractivity contribution in [2.45, 2.75) is 39.5 Å². The monoisotopic (exact) mass is 233 g/mol. The van der Waals surface area contributed by atoms with E-state index in [0.717, 1.165) is 25.8 Å². The number of anilines is 1. The topological polar surface area (TPSA) is 32.3 Å². The van der Waals surface area contributed by atoms with Crippen LogP contribution in [-0.2, 0) is 6.42 Å². The van der Waals surface area contributed by atoms with Crippen molar-refractivity contribution in [3.63, 3.8) is 0 Å². The van der Waals surface area contributed by atoms with Crippen molar-refractivity contribution in [3.05, 3.63) is 29.3 Å². The highest BCUT2D eigenvalue weighted by Gasteiger charge is 2.36. The lowest BCUT2D eigenvalue weighted by molar-refractivity contribution is 0.0576. The van der Waals surface area contributed by atoms with Crippen LogP contribution in [0.4, 0.5) is 5.69 Å². The van der Waals surface area contributed by atoms with E-state index in [-0.39, 0.29) is 5.41 Å². The quantitative estimate of drug-likeness (QED) is 0.819. The molecule has 2 nitrogen and oxygen atoms in total. The number of aryl methyl sites for hydroxylation is 2. The van der Waals surface area contributed by atoms with E-state index >= 15 is 0 Å². The van der Waals surface area contributed by atoms with Crippen molar-refractivity contribution in [1.82, 2.24) is 0 Å². The lowest BCUT2D eigenvalue weighted by Crippen LogP contribution is -2.40. The van der Waals surface area contributed by atoms with Gasteiger partial charge in [0.1, 0.15) is 0 Å². The van der Waals surface area contributed by atoms with Gasteiger partial charge >= 0.3 is 0 Å². The second kappa shape index (κ2) is 5.09. The molecule has 2 rings (SSSR count). The third kappa shape index (κ3) is 2.47. The molecule has 1 aromatic rings. The summed E-state index contributed by atoms with van der Waals surface area (Å²) >= 11 is 0. The van der Waals surface area contributed by atoms with Gasteiger partial charge in [0.2, 0.25) is 0 Å². The molecule has 1 aliphatic carbocycles. The van der Waals surface area contributed by atoms with Crippen molar-refractivity contribution in [2.75, 3.05) is 18.5 Å². The van der Waals surface area contributed by atoms with E-state index in [2.05, 4.69) is 37.4 Å². The Morgan fingerprint density at radius 1 is 1.35 bits per heavy atom. The highest BCUT2D eigenvalue weighted by Crippen LogP contribution is 2.40. The molecule has 0 heterocycles. The maximum absolute atomic E-state index is 9.47. The molecule has 1 aliphatic rings. The average molecular weight is 233 g/mol.